The van der Waals surface area contributed by atoms with Gasteiger partial charge in [0.15, 0.2) is 0 Å². The number of halogens is 1. The Morgan fingerprint density at radius 1 is 1.50 bits per heavy atom. The van der Waals surface area contributed by atoms with Crippen LogP contribution in [-0.4, -0.2) is 60.5 Å². The van der Waals surface area contributed by atoms with Gasteiger partial charge in [0.25, 0.3) is 0 Å². The fourth-order valence-electron chi connectivity index (χ4n) is 2.92. The molecule has 1 aromatic heterocycles. The van der Waals surface area contributed by atoms with Crippen LogP contribution in [0.25, 0.3) is 0 Å². The maximum Gasteiger partial charge on any atom is 0.236 e. The SMILES string of the molecule is CN(CC1CC1)C(=O)CN1CCNCC1c1cccnc1.Cl. The van der Waals surface area contributed by atoms with Crippen molar-refractivity contribution in [3.63, 3.8) is 0 Å². The summed E-state index contributed by atoms with van der Waals surface area (Å²) in [5.41, 5.74) is 1.18. The van der Waals surface area contributed by atoms with Gasteiger partial charge in [0.1, 0.15) is 0 Å². The molecule has 1 aliphatic carbocycles. The van der Waals surface area contributed by atoms with Crippen molar-refractivity contribution in [3.8, 4) is 0 Å². The highest BCUT2D eigenvalue weighted by molar-refractivity contribution is 5.85. The minimum Gasteiger partial charge on any atom is -0.344 e. The van der Waals surface area contributed by atoms with E-state index in [1.165, 1.54) is 18.4 Å². The lowest BCUT2D eigenvalue weighted by atomic mass is 10.1. The average molecular weight is 325 g/mol. The predicted molar refractivity (Wildman–Crippen MR) is 89.0 cm³/mol. The monoisotopic (exact) mass is 324 g/mol. The Kier molecular flexibility index (Phi) is 6.17. The lowest BCUT2D eigenvalue weighted by molar-refractivity contribution is -0.132. The number of carbonyl (C=O) groups is 1. The summed E-state index contributed by atoms with van der Waals surface area (Å²) in [5, 5.41) is 3.41. The first-order valence-corrected chi connectivity index (χ1v) is 7.82. The number of rotatable bonds is 5. The first-order valence-electron chi connectivity index (χ1n) is 7.82. The molecule has 22 heavy (non-hydrogen) atoms. The van der Waals surface area contributed by atoms with Crippen molar-refractivity contribution in [1.29, 1.82) is 0 Å². The average Bonchev–Trinajstić information content (AvgIpc) is 3.32. The number of hydrogen-bond donors (Lipinski definition) is 1. The number of likely N-dealkylation sites (N-methyl/N-ethyl adjacent to an activating group) is 1. The summed E-state index contributed by atoms with van der Waals surface area (Å²) in [6.07, 6.45) is 6.26. The lowest BCUT2D eigenvalue weighted by Crippen LogP contribution is -2.49. The molecule has 122 valence electrons. The van der Waals surface area contributed by atoms with Crippen molar-refractivity contribution in [2.45, 2.75) is 18.9 Å². The molecule has 0 aromatic carbocycles. The third-order valence-corrected chi connectivity index (χ3v) is 4.42. The Bertz CT molecular complexity index is 480. The van der Waals surface area contributed by atoms with Crippen LogP contribution in [0.2, 0.25) is 0 Å². The van der Waals surface area contributed by atoms with E-state index < -0.39 is 0 Å². The Hall–Kier alpha value is -1.17. The van der Waals surface area contributed by atoms with E-state index in [0.29, 0.717) is 6.54 Å². The number of amides is 1. The Labute approximate surface area is 138 Å². The van der Waals surface area contributed by atoms with Crippen LogP contribution in [0.5, 0.6) is 0 Å². The fourth-order valence-corrected chi connectivity index (χ4v) is 2.92. The Morgan fingerprint density at radius 2 is 2.32 bits per heavy atom. The number of nitrogens with one attached hydrogen (secondary N) is 1. The topological polar surface area (TPSA) is 48.5 Å². The second kappa shape index (κ2) is 7.90. The molecular weight excluding hydrogens is 300 g/mol. The quantitative estimate of drug-likeness (QED) is 0.887. The molecule has 0 radical (unpaired) electrons. The molecule has 1 saturated carbocycles. The Morgan fingerprint density at radius 3 is 3.00 bits per heavy atom. The van der Waals surface area contributed by atoms with Crippen molar-refractivity contribution in [2.24, 2.45) is 5.92 Å². The third-order valence-electron chi connectivity index (χ3n) is 4.42. The van der Waals surface area contributed by atoms with Crippen LogP contribution in [0.1, 0.15) is 24.4 Å². The van der Waals surface area contributed by atoms with Gasteiger partial charge >= 0.3 is 0 Å². The van der Waals surface area contributed by atoms with Crippen molar-refractivity contribution in [3.05, 3.63) is 30.1 Å². The van der Waals surface area contributed by atoms with Crippen LogP contribution >= 0.6 is 12.4 Å². The van der Waals surface area contributed by atoms with E-state index >= 15 is 0 Å². The van der Waals surface area contributed by atoms with Gasteiger partial charge in [-0.2, -0.15) is 0 Å². The van der Waals surface area contributed by atoms with Crippen LogP contribution in [0, 0.1) is 5.92 Å². The molecule has 1 aliphatic heterocycles. The zero-order valence-corrected chi connectivity index (χ0v) is 13.9. The normalized spacial score (nSPS) is 22.0. The first-order chi connectivity index (χ1) is 10.2. The zero-order valence-electron chi connectivity index (χ0n) is 13.1. The molecular formula is C16H25ClN4O. The number of piperazine rings is 1. The summed E-state index contributed by atoms with van der Waals surface area (Å²) in [4.78, 5) is 20.8. The van der Waals surface area contributed by atoms with E-state index in [2.05, 4.69) is 21.3 Å². The van der Waals surface area contributed by atoms with Crippen LogP contribution in [0.4, 0.5) is 0 Å². The molecule has 5 nitrogen and oxygen atoms in total. The van der Waals surface area contributed by atoms with Crippen molar-refractivity contribution >= 4 is 18.3 Å². The minimum atomic E-state index is 0. The van der Waals surface area contributed by atoms with Crippen LogP contribution < -0.4 is 5.32 Å². The molecule has 1 unspecified atom stereocenters. The molecule has 1 N–H and O–H groups in total. The van der Waals surface area contributed by atoms with Gasteiger partial charge in [-0.1, -0.05) is 6.07 Å². The summed E-state index contributed by atoms with van der Waals surface area (Å²) in [6, 6.07) is 4.30. The number of aromatic nitrogens is 1. The summed E-state index contributed by atoms with van der Waals surface area (Å²) in [6.45, 7) is 4.15. The van der Waals surface area contributed by atoms with Crippen molar-refractivity contribution in [1.82, 2.24) is 20.1 Å². The summed E-state index contributed by atoms with van der Waals surface area (Å²) in [7, 11) is 1.93. The predicted octanol–water partition coefficient (Wildman–Crippen LogP) is 1.32. The standard InChI is InChI=1S/C16H24N4O.ClH/c1-19(11-13-4-5-13)16(21)12-20-8-7-18-10-15(20)14-3-2-6-17-9-14;/h2-3,6,9,13,15,18H,4-5,7-8,10-12H2,1H3;1H. The zero-order chi connectivity index (χ0) is 14.7. The molecule has 0 spiro atoms. The molecule has 2 heterocycles. The van der Waals surface area contributed by atoms with E-state index in [9.17, 15) is 4.79 Å². The lowest BCUT2D eigenvalue weighted by Gasteiger charge is -2.36. The molecule has 6 heteroatoms. The molecule has 1 aromatic rings. The smallest absolute Gasteiger partial charge is 0.236 e. The van der Waals surface area contributed by atoms with Gasteiger partial charge < -0.3 is 10.2 Å². The first kappa shape index (κ1) is 17.2. The summed E-state index contributed by atoms with van der Waals surface area (Å²) >= 11 is 0. The van der Waals surface area contributed by atoms with Gasteiger partial charge in [0.2, 0.25) is 5.91 Å². The molecule has 1 saturated heterocycles. The van der Waals surface area contributed by atoms with Crippen LogP contribution in [0.15, 0.2) is 24.5 Å². The molecule has 1 atom stereocenters. The molecule has 2 fully saturated rings. The van der Waals surface area contributed by atoms with Gasteiger partial charge in [0.05, 0.1) is 6.54 Å². The van der Waals surface area contributed by atoms with Gasteiger partial charge in [0, 0.05) is 51.7 Å². The van der Waals surface area contributed by atoms with E-state index in [1.54, 1.807) is 6.20 Å². The summed E-state index contributed by atoms with van der Waals surface area (Å²) in [5.74, 6) is 0.980. The minimum absolute atomic E-state index is 0. The van der Waals surface area contributed by atoms with Crippen LogP contribution in [-0.2, 0) is 4.79 Å². The summed E-state index contributed by atoms with van der Waals surface area (Å²) < 4.78 is 0. The van der Waals surface area contributed by atoms with Gasteiger partial charge in [-0.15, -0.1) is 12.4 Å². The van der Waals surface area contributed by atoms with Gasteiger partial charge in [-0.05, 0) is 30.4 Å². The number of pyridine rings is 1. The second-order valence-electron chi connectivity index (χ2n) is 6.19. The van der Waals surface area contributed by atoms with Gasteiger partial charge in [-0.3, -0.25) is 14.7 Å². The maximum atomic E-state index is 12.4. The highest BCUT2D eigenvalue weighted by Gasteiger charge is 2.29. The van der Waals surface area contributed by atoms with Crippen LogP contribution in [0.3, 0.4) is 0 Å². The third kappa shape index (κ3) is 4.41. The number of carbonyl (C=O) groups excluding carboxylic acids is 1. The van der Waals surface area contributed by atoms with Crippen molar-refractivity contribution in [2.75, 3.05) is 39.8 Å². The van der Waals surface area contributed by atoms with E-state index in [4.69, 9.17) is 0 Å². The Balaban J connectivity index is 0.00000176. The van der Waals surface area contributed by atoms with Gasteiger partial charge in [-0.25, -0.2) is 0 Å². The molecule has 1 amide bonds. The number of hydrogen-bond acceptors (Lipinski definition) is 4. The second-order valence-corrected chi connectivity index (χ2v) is 6.19. The molecule has 3 rings (SSSR count). The highest BCUT2D eigenvalue weighted by Crippen LogP contribution is 2.29. The van der Waals surface area contributed by atoms with E-state index in [0.717, 1.165) is 32.1 Å². The number of nitrogens with zero attached hydrogens (tertiary/aromatic N) is 3. The van der Waals surface area contributed by atoms with Crippen molar-refractivity contribution < 1.29 is 4.79 Å². The molecule has 0 bridgehead atoms. The maximum absolute atomic E-state index is 12.4. The molecule has 2 aliphatic rings. The fraction of sp³-hybridized carbons (Fsp3) is 0.625. The largest absolute Gasteiger partial charge is 0.344 e. The van der Waals surface area contributed by atoms with E-state index in [1.807, 2.05) is 24.2 Å². The van der Waals surface area contributed by atoms with E-state index in [-0.39, 0.29) is 24.4 Å². The highest BCUT2D eigenvalue weighted by atomic mass is 35.5.